The average Bonchev–Trinajstić information content (AvgIpc) is 2.24. The largest absolute Gasteiger partial charge is 0.494 e. The van der Waals surface area contributed by atoms with Gasteiger partial charge in [0, 0.05) is 10.7 Å². The van der Waals surface area contributed by atoms with Crippen molar-refractivity contribution in [2.45, 2.75) is 19.3 Å². The second-order valence-corrected chi connectivity index (χ2v) is 6.50. The summed E-state index contributed by atoms with van der Waals surface area (Å²) in [5, 5.41) is 0. The van der Waals surface area contributed by atoms with E-state index in [1.54, 1.807) is 12.1 Å². The van der Waals surface area contributed by atoms with Gasteiger partial charge in [0.15, 0.2) is 0 Å². The molecule has 0 spiro atoms. The molecule has 96 valence electrons. The molecule has 0 bridgehead atoms. The van der Waals surface area contributed by atoms with Crippen LogP contribution in [0.25, 0.3) is 0 Å². The molecule has 17 heavy (non-hydrogen) atoms. The van der Waals surface area contributed by atoms with Gasteiger partial charge < -0.3 is 4.74 Å². The smallest absolute Gasteiger partial charge is 0.232 e. The van der Waals surface area contributed by atoms with Crippen LogP contribution in [0.15, 0.2) is 24.3 Å². The Morgan fingerprint density at radius 2 is 1.76 bits per heavy atom. The molecule has 0 fully saturated rings. The van der Waals surface area contributed by atoms with Crippen molar-refractivity contribution in [2.24, 2.45) is 0 Å². The molecule has 1 aromatic rings. The molecule has 0 aliphatic rings. The highest BCUT2D eigenvalue weighted by Crippen LogP contribution is 2.12. The minimum atomic E-state index is -3.38. The number of hydrogen-bond acceptors (Lipinski definition) is 3. The molecule has 0 saturated carbocycles. The predicted molar refractivity (Wildman–Crippen MR) is 65.4 cm³/mol. The molecule has 0 amide bonds. The van der Waals surface area contributed by atoms with Gasteiger partial charge in [-0.25, -0.2) is 12.8 Å². The Balaban J connectivity index is 2.10. The fourth-order valence-electron chi connectivity index (χ4n) is 1.27. The summed E-state index contributed by atoms with van der Waals surface area (Å²) >= 11 is 0. The maximum atomic E-state index is 12.6. The topological polar surface area (TPSA) is 43.4 Å². The monoisotopic (exact) mass is 280 g/mol. The van der Waals surface area contributed by atoms with Gasteiger partial charge in [0.05, 0.1) is 12.4 Å². The Morgan fingerprint density at radius 1 is 1.12 bits per heavy atom. The SMILES string of the molecule is O=S(=O)(Cl)CCCCCOc1ccc(F)cc1. The Hall–Kier alpha value is -0.810. The zero-order valence-electron chi connectivity index (χ0n) is 9.23. The first-order valence-corrected chi connectivity index (χ1v) is 7.76. The second kappa shape index (κ2) is 6.81. The normalized spacial score (nSPS) is 11.4. The number of benzene rings is 1. The number of halogens is 2. The third-order valence-corrected chi connectivity index (χ3v) is 3.35. The number of unbranched alkanes of at least 4 members (excludes halogenated alkanes) is 2. The highest BCUT2D eigenvalue weighted by Gasteiger charge is 2.03. The summed E-state index contributed by atoms with van der Waals surface area (Å²) in [6.07, 6.45) is 2.00. The third kappa shape index (κ3) is 7.18. The maximum absolute atomic E-state index is 12.6. The van der Waals surface area contributed by atoms with Crippen molar-refractivity contribution in [3.8, 4) is 5.75 Å². The molecule has 0 heterocycles. The Bertz CT molecular complexity index is 431. The van der Waals surface area contributed by atoms with E-state index in [2.05, 4.69) is 0 Å². The van der Waals surface area contributed by atoms with Crippen LogP contribution in [-0.2, 0) is 9.05 Å². The molecule has 0 atom stereocenters. The lowest BCUT2D eigenvalue weighted by Crippen LogP contribution is -2.00. The number of rotatable bonds is 7. The van der Waals surface area contributed by atoms with Crippen LogP contribution < -0.4 is 4.74 Å². The minimum Gasteiger partial charge on any atom is -0.494 e. The first-order chi connectivity index (χ1) is 7.97. The Morgan fingerprint density at radius 3 is 2.35 bits per heavy atom. The summed E-state index contributed by atoms with van der Waals surface area (Å²) in [6, 6.07) is 5.77. The van der Waals surface area contributed by atoms with E-state index in [1.165, 1.54) is 12.1 Å². The van der Waals surface area contributed by atoms with Crippen molar-refractivity contribution in [2.75, 3.05) is 12.4 Å². The molecule has 0 radical (unpaired) electrons. The highest BCUT2D eigenvalue weighted by molar-refractivity contribution is 8.13. The fraction of sp³-hybridized carbons (Fsp3) is 0.455. The number of ether oxygens (including phenoxy) is 1. The van der Waals surface area contributed by atoms with Crippen LogP contribution in [0.4, 0.5) is 4.39 Å². The van der Waals surface area contributed by atoms with E-state index in [4.69, 9.17) is 15.4 Å². The third-order valence-electron chi connectivity index (χ3n) is 2.11. The van der Waals surface area contributed by atoms with Gasteiger partial charge in [-0.3, -0.25) is 0 Å². The summed E-state index contributed by atoms with van der Waals surface area (Å²) in [6.45, 7) is 0.480. The van der Waals surface area contributed by atoms with Gasteiger partial charge in [-0.1, -0.05) is 0 Å². The Labute approximate surface area is 105 Å². The quantitative estimate of drug-likeness (QED) is 0.570. The minimum absolute atomic E-state index is 0.00883. The van der Waals surface area contributed by atoms with Gasteiger partial charge >= 0.3 is 0 Å². The predicted octanol–water partition coefficient (Wildman–Crippen LogP) is 2.94. The van der Waals surface area contributed by atoms with Crippen molar-refractivity contribution < 1.29 is 17.5 Å². The number of hydrogen-bond donors (Lipinski definition) is 0. The van der Waals surface area contributed by atoms with E-state index in [0.29, 0.717) is 18.8 Å². The van der Waals surface area contributed by atoms with Crippen LogP contribution in [0.3, 0.4) is 0 Å². The second-order valence-electron chi connectivity index (χ2n) is 3.61. The van der Waals surface area contributed by atoms with Crippen LogP contribution in [0.1, 0.15) is 19.3 Å². The highest BCUT2D eigenvalue weighted by atomic mass is 35.7. The van der Waals surface area contributed by atoms with Crippen molar-refractivity contribution in [3.05, 3.63) is 30.1 Å². The molecule has 0 aliphatic carbocycles. The van der Waals surface area contributed by atoms with Crippen molar-refractivity contribution >= 4 is 19.7 Å². The van der Waals surface area contributed by atoms with Gasteiger partial charge in [-0.15, -0.1) is 0 Å². The first-order valence-electron chi connectivity index (χ1n) is 5.28. The zero-order chi connectivity index (χ0) is 12.7. The lowest BCUT2D eigenvalue weighted by atomic mass is 10.2. The van der Waals surface area contributed by atoms with E-state index >= 15 is 0 Å². The van der Waals surface area contributed by atoms with Crippen LogP contribution in [0, 0.1) is 5.82 Å². The molecule has 3 nitrogen and oxygen atoms in total. The van der Waals surface area contributed by atoms with E-state index in [9.17, 15) is 12.8 Å². The molecule has 0 saturated heterocycles. The van der Waals surface area contributed by atoms with Crippen molar-refractivity contribution in [3.63, 3.8) is 0 Å². The lowest BCUT2D eigenvalue weighted by molar-refractivity contribution is 0.306. The standard InChI is InChI=1S/C11H14ClFO3S/c12-17(14,15)9-3-1-2-8-16-11-6-4-10(13)5-7-11/h4-7H,1-3,8-9H2. The Kier molecular flexibility index (Phi) is 5.71. The molecular formula is C11H14ClFO3S. The molecule has 6 heteroatoms. The van der Waals surface area contributed by atoms with Crippen LogP contribution >= 0.6 is 10.7 Å². The molecule has 0 N–H and O–H groups in total. The zero-order valence-corrected chi connectivity index (χ0v) is 10.8. The fourth-order valence-corrected chi connectivity index (χ4v) is 2.15. The summed E-state index contributed by atoms with van der Waals surface area (Å²) in [4.78, 5) is 0. The molecule has 1 rings (SSSR count). The van der Waals surface area contributed by atoms with Crippen molar-refractivity contribution in [1.29, 1.82) is 0 Å². The summed E-state index contributed by atoms with van der Waals surface area (Å²) in [5.74, 6) is 0.298. The average molecular weight is 281 g/mol. The van der Waals surface area contributed by atoms with E-state index in [-0.39, 0.29) is 11.6 Å². The van der Waals surface area contributed by atoms with Crippen LogP contribution in [-0.4, -0.2) is 20.8 Å². The van der Waals surface area contributed by atoms with E-state index in [1.807, 2.05) is 0 Å². The molecular weight excluding hydrogens is 267 g/mol. The van der Waals surface area contributed by atoms with Gasteiger partial charge in [-0.05, 0) is 43.5 Å². The molecule has 0 aromatic heterocycles. The lowest BCUT2D eigenvalue weighted by Gasteiger charge is -2.05. The summed E-state index contributed by atoms with van der Waals surface area (Å²) in [5.41, 5.74) is 0. The van der Waals surface area contributed by atoms with Gasteiger partial charge in [0.25, 0.3) is 0 Å². The maximum Gasteiger partial charge on any atom is 0.232 e. The van der Waals surface area contributed by atoms with Gasteiger partial charge in [-0.2, -0.15) is 0 Å². The van der Waals surface area contributed by atoms with E-state index in [0.717, 1.165) is 12.8 Å². The van der Waals surface area contributed by atoms with Crippen molar-refractivity contribution in [1.82, 2.24) is 0 Å². The molecule has 0 aliphatic heterocycles. The molecule has 0 unspecified atom stereocenters. The van der Waals surface area contributed by atoms with Gasteiger partial charge in [0.2, 0.25) is 9.05 Å². The summed E-state index contributed by atoms with van der Waals surface area (Å²) in [7, 11) is 1.68. The van der Waals surface area contributed by atoms with E-state index < -0.39 is 9.05 Å². The first kappa shape index (κ1) is 14.3. The van der Waals surface area contributed by atoms with Crippen LogP contribution in [0.2, 0.25) is 0 Å². The van der Waals surface area contributed by atoms with Crippen LogP contribution in [0.5, 0.6) is 5.75 Å². The van der Waals surface area contributed by atoms with Gasteiger partial charge in [0.1, 0.15) is 11.6 Å². The summed E-state index contributed by atoms with van der Waals surface area (Å²) < 4.78 is 39.1. The molecule has 1 aromatic carbocycles.